The van der Waals surface area contributed by atoms with E-state index in [0.717, 1.165) is 18.9 Å². The van der Waals surface area contributed by atoms with Crippen molar-refractivity contribution < 1.29 is 41.8 Å². The summed E-state index contributed by atoms with van der Waals surface area (Å²) in [6, 6.07) is 1.08. The Labute approximate surface area is 194 Å². The van der Waals surface area contributed by atoms with E-state index < -0.39 is 40.8 Å². The van der Waals surface area contributed by atoms with Crippen LogP contribution in [0.1, 0.15) is 42.1 Å². The van der Waals surface area contributed by atoms with Crippen LogP contribution in [0.5, 0.6) is 0 Å². The minimum absolute atomic E-state index is 0.0337. The van der Waals surface area contributed by atoms with E-state index in [1.807, 2.05) is 0 Å². The van der Waals surface area contributed by atoms with E-state index in [4.69, 9.17) is 15.6 Å². The highest BCUT2D eigenvalue weighted by molar-refractivity contribution is 5.92. The second-order valence-corrected chi connectivity index (χ2v) is 8.02. The Morgan fingerprint density at radius 1 is 1.23 bits per heavy atom. The number of nitrogens with two attached hydrogens (primary N) is 1. The fraction of sp³-hybridized carbons (Fsp3) is 0.429. The summed E-state index contributed by atoms with van der Waals surface area (Å²) in [4.78, 5) is 38.8. The molecular formula is C21H21F5N4O5. The molecule has 9 nitrogen and oxygen atoms in total. The average Bonchev–Trinajstić information content (AvgIpc) is 3.63. The van der Waals surface area contributed by atoms with E-state index in [2.05, 4.69) is 4.98 Å². The Balaban J connectivity index is 0.000000429. The molecule has 0 radical (unpaired) electrons. The van der Waals surface area contributed by atoms with Gasteiger partial charge in [0, 0.05) is 31.9 Å². The Hall–Kier alpha value is -3.55. The number of aromatic carboxylic acids is 1. The molecule has 35 heavy (non-hydrogen) atoms. The first kappa shape index (κ1) is 26.1. The van der Waals surface area contributed by atoms with Crippen LogP contribution in [0.2, 0.25) is 0 Å². The topological polar surface area (TPSA) is 139 Å². The van der Waals surface area contributed by atoms with Crippen LogP contribution in [0.3, 0.4) is 0 Å². The van der Waals surface area contributed by atoms with Crippen molar-refractivity contribution in [1.82, 2.24) is 9.55 Å². The lowest BCUT2D eigenvalue weighted by Gasteiger charge is -2.30. The van der Waals surface area contributed by atoms with Crippen molar-refractivity contribution in [3.8, 4) is 0 Å². The fourth-order valence-corrected chi connectivity index (χ4v) is 3.66. The molecule has 1 saturated carbocycles. The number of aliphatic carboxylic acids is 1. The lowest BCUT2D eigenvalue weighted by atomic mass is 10.0. The van der Waals surface area contributed by atoms with Gasteiger partial charge in [-0.2, -0.15) is 13.2 Å². The van der Waals surface area contributed by atoms with Gasteiger partial charge in [0.1, 0.15) is 17.0 Å². The van der Waals surface area contributed by atoms with Gasteiger partial charge in [-0.1, -0.05) is 0 Å². The molecule has 2 aromatic heterocycles. The maximum atomic E-state index is 14.8. The number of rotatable bonds is 4. The number of carboxylic acids is 2. The number of fused-ring (bicyclic) bond motifs is 1. The van der Waals surface area contributed by atoms with Gasteiger partial charge < -0.3 is 25.4 Å². The van der Waals surface area contributed by atoms with Crippen LogP contribution < -0.4 is 16.1 Å². The van der Waals surface area contributed by atoms with Crippen molar-refractivity contribution in [3.63, 3.8) is 0 Å². The number of nitrogens with zero attached hydrogens (tertiary/aromatic N) is 3. The lowest BCUT2D eigenvalue weighted by Crippen LogP contribution is -2.33. The first-order valence-electron chi connectivity index (χ1n) is 10.4. The van der Waals surface area contributed by atoms with Gasteiger partial charge in [-0.25, -0.2) is 23.4 Å². The first-order chi connectivity index (χ1) is 16.3. The number of piperidine rings is 1. The molecule has 0 spiro atoms. The molecule has 2 fully saturated rings. The molecule has 4 rings (SSSR count). The third-order valence-electron chi connectivity index (χ3n) is 5.50. The molecule has 1 saturated heterocycles. The zero-order chi connectivity index (χ0) is 26.1. The van der Waals surface area contributed by atoms with E-state index in [1.165, 1.54) is 6.20 Å². The minimum Gasteiger partial charge on any atom is -0.477 e. The molecule has 2 aliphatic rings. The molecular weight excluding hydrogens is 483 g/mol. The molecule has 1 aliphatic heterocycles. The Morgan fingerprint density at radius 2 is 1.86 bits per heavy atom. The normalized spacial score (nSPS) is 17.6. The summed E-state index contributed by atoms with van der Waals surface area (Å²) in [6.45, 7) is 0.479. The highest BCUT2D eigenvalue weighted by Gasteiger charge is 2.38. The third kappa shape index (κ3) is 5.75. The van der Waals surface area contributed by atoms with Crippen molar-refractivity contribution in [2.45, 2.75) is 37.9 Å². The first-order valence-corrected chi connectivity index (χ1v) is 10.4. The largest absolute Gasteiger partial charge is 0.490 e. The van der Waals surface area contributed by atoms with E-state index >= 15 is 0 Å². The summed E-state index contributed by atoms with van der Waals surface area (Å²) in [5, 5.41) is 16.4. The minimum atomic E-state index is -5.08. The Bertz CT molecular complexity index is 1250. The van der Waals surface area contributed by atoms with Gasteiger partial charge >= 0.3 is 18.1 Å². The van der Waals surface area contributed by atoms with Crippen molar-refractivity contribution in [3.05, 3.63) is 45.3 Å². The number of alkyl halides is 3. The highest BCUT2D eigenvalue weighted by Crippen LogP contribution is 2.37. The van der Waals surface area contributed by atoms with Crippen molar-refractivity contribution in [2.24, 2.45) is 5.73 Å². The number of carbonyl (C=O) groups is 2. The van der Waals surface area contributed by atoms with E-state index in [0.29, 0.717) is 25.0 Å². The number of pyridine rings is 2. The van der Waals surface area contributed by atoms with Crippen molar-refractivity contribution >= 4 is 28.8 Å². The van der Waals surface area contributed by atoms with Crippen molar-refractivity contribution in [2.75, 3.05) is 24.5 Å². The SMILES string of the molecule is NCC(F)=C1CCCN(c2nc3c(cc2F)c(=O)c(C(=O)O)cn3C2CC2)C1.O=C(O)C(F)(F)F. The molecule has 3 heterocycles. The van der Waals surface area contributed by atoms with Gasteiger partial charge in [-0.3, -0.25) is 4.79 Å². The summed E-state index contributed by atoms with van der Waals surface area (Å²) in [6.07, 6.45) is -0.929. The lowest BCUT2D eigenvalue weighted by molar-refractivity contribution is -0.192. The molecule has 190 valence electrons. The number of halogens is 5. The van der Waals surface area contributed by atoms with Crippen LogP contribution in [0.15, 0.2) is 28.5 Å². The summed E-state index contributed by atoms with van der Waals surface area (Å²) < 4.78 is 62.1. The molecule has 4 N–H and O–H groups in total. The van der Waals surface area contributed by atoms with Crippen molar-refractivity contribution in [1.29, 1.82) is 0 Å². The zero-order valence-corrected chi connectivity index (χ0v) is 18.1. The van der Waals surface area contributed by atoms with Gasteiger partial charge in [0.15, 0.2) is 11.6 Å². The van der Waals surface area contributed by atoms with Crippen LogP contribution in [0.25, 0.3) is 11.0 Å². The van der Waals surface area contributed by atoms with E-state index in [1.54, 1.807) is 9.47 Å². The molecule has 2 aromatic rings. The van der Waals surface area contributed by atoms with Crippen LogP contribution in [-0.2, 0) is 4.79 Å². The number of carboxylic acid groups (broad SMARTS) is 2. The van der Waals surface area contributed by atoms with E-state index in [-0.39, 0.29) is 36.0 Å². The standard InChI is InChI=1S/C19H20F2N4O3.C2HF3O2/c20-14-6-12-16(26)13(19(27)28)9-25(11-3-4-11)17(12)23-18(14)24-5-1-2-10(8-24)15(21)7-22;3-2(4,5)1(6)7/h6,9,11H,1-5,7-8,22H2,(H,27,28);(H,6,7). The number of hydrogen-bond acceptors (Lipinski definition) is 6. The Kier molecular flexibility index (Phi) is 7.43. The van der Waals surface area contributed by atoms with Crippen LogP contribution in [0.4, 0.5) is 27.8 Å². The predicted molar refractivity (Wildman–Crippen MR) is 114 cm³/mol. The fourth-order valence-electron chi connectivity index (χ4n) is 3.66. The van der Waals surface area contributed by atoms with Gasteiger partial charge in [0.05, 0.1) is 5.39 Å². The maximum absolute atomic E-state index is 14.8. The van der Waals surface area contributed by atoms with Crippen LogP contribution in [-0.4, -0.2) is 57.5 Å². The van der Waals surface area contributed by atoms with Crippen LogP contribution in [0, 0.1) is 5.82 Å². The summed E-state index contributed by atoms with van der Waals surface area (Å²) in [7, 11) is 0. The zero-order valence-electron chi connectivity index (χ0n) is 18.1. The predicted octanol–water partition coefficient (Wildman–Crippen LogP) is 2.98. The van der Waals surface area contributed by atoms with Gasteiger partial charge in [0.25, 0.3) is 0 Å². The second-order valence-electron chi connectivity index (χ2n) is 8.02. The molecule has 0 atom stereocenters. The average molecular weight is 504 g/mol. The number of anilines is 1. The third-order valence-corrected chi connectivity index (χ3v) is 5.50. The van der Waals surface area contributed by atoms with Gasteiger partial charge in [-0.05, 0) is 37.3 Å². The van der Waals surface area contributed by atoms with Gasteiger partial charge in [-0.15, -0.1) is 0 Å². The molecule has 0 bridgehead atoms. The summed E-state index contributed by atoms with van der Waals surface area (Å²) in [5.41, 5.74) is 5.00. The number of hydrogen-bond donors (Lipinski definition) is 3. The molecule has 14 heteroatoms. The molecule has 0 aromatic carbocycles. The molecule has 0 unspecified atom stereocenters. The summed E-state index contributed by atoms with van der Waals surface area (Å²) in [5.74, 6) is -5.21. The van der Waals surface area contributed by atoms with E-state index in [9.17, 15) is 36.6 Å². The summed E-state index contributed by atoms with van der Waals surface area (Å²) >= 11 is 0. The highest BCUT2D eigenvalue weighted by atomic mass is 19.4. The molecule has 1 aliphatic carbocycles. The van der Waals surface area contributed by atoms with Crippen LogP contribution >= 0.6 is 0 Å². The smallest absolute Gasteiger partial charge is 0.477 e. The van der Waals surface area contributed by atoms with Gasteiger partial charge in [0.2, 0.25) is 5.43 Å². The maximum Gasteiger partial charge on any atom is 0.490 e. The molecule has 0 amide bonds. The second kappa shape index (κ2) is 9.98. The monoisotopic (exact) mass is 504 g/mol. The quantitative estimate of drug-likeness (QED) is 0.541. The number of aromatic nitrogens is 2. The Morgan fingerprint density at radius 3 is 2.37 bits per heavy atom.